The van der Waals surface area contributed by atoms with E-state index in [9.17, 15) is 4.79 Å². The molecule has 10 heavy (non-hydrogen) atoms. The Labute approximate surface area is 57.0 Å². The van der Waals surface area contributed by atoms with Gasteiger partial charge in [-0.25, -0.2) is 0 Å². The van der Waals surface area contributed by atoms with Crippen LogP contribution in [0, 0.1) is 0 Å². The Morgan fingerprint density at radius 2 is 2.40 bits per heavy atom. The van der Waals surface area contributed by atoms with Crippen molar-refractivity contribution >= 4 is 5.91 Å². The summed E-state index contributed by atoms with van der Waals surface area (Å²) in [7, 11) is 0. The van der Waals surface area contributed by atoms with E-state index in [1.807, 2.05) is 0 Å². The number of nitrogens with zero attached hydrogens (tertiary/aromatic N) is 1. The molecule has 0 aliphatic carbocycles. The Balaban J connectivity index is 2.79. The Bertz CT molecular complexity index is 190. The SMILES string of the molecule is NC1=CC(=O)N(O)C(N)N1. The summed E-state index contributed by atoms with van der Waals surface area (Å²) in [6.45, 7) is 0. The molecule has 0 aromatic heterocycles. The van der Waals surface area contributed by atoms with Gasteiger partial charge in [-0.3, -0.25) is 15.7 Å². The summed E-state index contributed by atoms with van der Waals surface area (Å²) in [6.07, 6.45) is 0.0982. The molecule has 56 valence electrons. The highest BCUT2D eigenvalue weighted by molar-refractivity contribution is 5.88. The molecule has 6 heteroatoms. The highest BCUT2D eigenvalue weighted by Crippen LogP contribution is 1.96. The maximum absolute atomic E-state index is 10.6. The maximum Gasteiger partial charge on any atom is 0.276 e. The van der Waals surface area contributed by atoms with E-state index in [1.165, 1.54) is 0 Å². The van der Waals surface area contributed by atoms with Gasteiger partial charge in [-0.1, -0.05) is 0 Å². The van der Waals surface area contributed by atoms with Gasteiger partial charge in [0.15, 0.2) is 6.29 Å². The van der Waals surface area contributed by atoms with Crippen molar-refractivity contribution in [1.29, 1.82) is 0 Å². The molecule has 1 atom stereocenters. The lowest BCUT2D eigenvalue weighted by molar-refractivity contribution is -0.173. The number of nitrogens with one attached hydrogen (secondary N) is 1. The number of nitrogens with two attached hydrogens (primary N) is 2. The molecule has 1 aliphatic rings. The Morgan fingerprint density at radius 3 is 2.90 bits per heavy atom. The minimum absolute atomic E-state index is 0.155. The van der Waals surface area contributed by atoms with Gasteiger partial charge in [-0.2, -0.15) is 5.06 Å². The topological polar surface area (TPSA) is 105 Å². The van der Waals surface area contributed by atoms with E-state index >= 15 is 0 Å². The molecule has 6 nitrogen and oxygen atoms in total. The van der Waals surface area contributed by atoms with Crippen LogP contribution in [0.1, 0.15) is 0 Å². The molecule has 0 radical (unpaired) electrons. The van der Waals surface area contributed by atoms with Gasteiger partial charge in [0.1, 0.15) is 5.82 Å². The van der Waals surface area contributed by atoms with Crippen LogP contribution in [0.2, 0.25) is 0 Å². The first-order chi connectivity index (χ1) is 4.61. The van der Waals surface area contributed by atoms with Crippen LogP contribution in [-0.4, -0.2) is 22.5 Å². The third kappa shape index (κ3) is 1.02. The van der Waals surface area contributed by atoms with E-state index < -0.39 is 12.2 Å². The third-order valence-electron chi connectivity index (χ3n) is 1.08. The van der Waals surface area contributed by atoms with Crippen LogP contribution in [0.3, 0.4) is 0 Å². The van der Waals surface area contributed by atoms with Gasteiger partial charge in [0.05, 0.1) is 0 Å². The molecule has 0 spiro atoms. The summed E-state index contributed by atoms with van der Waals surface area (Å²) < 4.78 is 0. The predicted molar refractivity (Wildman–Crippen MR) is 32.0 cm³/mol. The average molecular weight is 144 g/mol. The zero-order chi connectivity index (χ0) is 7.72. The Kier molecular flexibility index (Phi) is 1.48. The number of carbonyl (C=O) groups is 1. The van der Waals surface area contributed by atoms with Crippen molar-refractivity contribution in [1.82, 2.24) is 10.4 Å². The van der Waals surface area contributed by atoms with Gasteiger partial charge in [0.25, 0.3) is 5.91 Å². The molecule has 0 saturated heterocycles. The van der Waals surface area contributed by atoms with Gasteiger partial charge in [-0.05, 0) is 0 Å². The van der Waals surface area contributed by atoms with Crippen molar-refractivity contribution in [2.75, 3.05) is 0 Å². The molecule has 0 bridgehead atoms. The first kappa shape index (κ1) is 6.84. The van der Waals surface area contributed by atoms with E-state index in [1.54, 1.807) is 0 Å². The second kappa shape index (κ2) is 2.16. The molecular weight excluding hydrogens is 136 g/mol. The van der Waals surface area contributed by atoms with E-state index in [2.05, 4.69) is 5.32 Å². The summed E-state index contributed by atoms with van der Waals surface area (Å²) in [6, 6.07) is 0. The highest BCUT2D eigenvalue weighted by Gasteiger charge is 2.21. The van der Waals surface area contributed by atoms with Crippen molar-refractivity contribution < 1.29 is 10.0 Å². The molecule has 1 aliphatic heterocycles. The van der Waals surface area contributed by atoms with Gasteiger partial charge in [0.2, 0.25) is 0 Å². The summed E-state index contributed by atoms with van der Waals surface area (Å²) >= 11 is 0. The quantitative estimate of drug-likeness (QED) is 0.290. The molecular formula is C4H8N4O2. The summed E-state index contributed by atoms with van der Waals surface area (Å²) in [5.74, 6) is -0.466. The van der Waals surface area contributed by atoms with Crippen molar-refractivity contribution in [3.63, 3.8) is 0 Å². The number of hydroxylamine groups is 2. The van der Waals surface area contributed by atoms with Crippen LogP contribution in [0.4, 0.5) is 0 Å². The van der Waals surface area contributed by atoms with Crippen molar-refractivity contribution in [2.45, 2.75) is 6.29 Å². The van der Waals surface area contributed by atoms with Gasteiger partial charge in [-0.15, -0.1) is 0 Å². The van der Waals surface area contributed by atoms with Crippen LogP contribution in [-0.2, 0) is 4.79 Å². The lowest BCUT2D eigenvalue weighted by atomic mass is 10.4. The number of amides is 1. The third-order valence-corrected chi connectivity index (χ3v) is 1.08. The second-order valence-corrected chi connectivity index (χ2v) is 1.87. The van der Waals surface area contributed by atoms with Crippen LogP contribution >= 0.6 is 0 Å². The summed E-state index contributed by atoms with van der Waals surface area (Å²) in [5, 5.41) is 11.5. The van der Waals surface area contributed by atoms with Crippen molar-refractivity contribution in [3.05, 3.63) is 11.9 Å². The molecule has 0 aromatic carbocycles. The zero-order valence-electron chi connectivity index (χ0n) is 5.11. The maximum atomic E-state index is 10.6. The smallest absolute Gasteiger partial charge is 0.276 e. The number of rotatable bonds is 0. The normalized spacial score (nSPS) is 25.8. The lowest BCUT2D eigenvalue weighted by Crippen LogP contribution is -2.56. The van der Waals surface area contributed by atoms with E-state index in [-0.39, 0.29) is 5.82 Å². The standard InChI is InChI=1S/C4H8N4O2/c5-2-1-3(9)8(10)4(6)7-2/h1,4,7,10H,5-6H2. The van der Waals surface area contributed by atoms with Crippen LogP contribution in [0.25, 0.3) is 0 Å². The Morgan fingerprint density at radius 1 is 1.80 bits per heavy atom. The Hall–Kier alpha value is -1.27. The largest absolute Gasteiger partial charge is 0.385 e. The molecule has 1 amide bonds. The molecule has 6 N–H and O–H groups in total. The number of hydrogen-bond donors (Lipinski definition) is 4. The molecule has 0 aromatic rings. The van der Waals surface area contributed by atoms with Crippen LogP contribution in [0.5, 0.6) is 0 Å². The number of carbonyl (C=O) groups excluding carboxylic acids is 1. The van der Waals surface area contributed by atoms with Crippen molar-refractivity contribution in [3.8, 4) is 0 Å². The monoisotopic (exact) mass is 144 g/mol. The van der Waals surface area contributed by atoms with Gasteiger partial charge < -0.3 is 11.1 Å². The lowest BCUT2D eigenvalue weighted by Gasteiger charge is -2.26. The van der Waals surface area contributed by atoms with E-state index in [0.29, 0.717) is 5.06 Å². The van der Waals surface area contributed by atoms with E-state index in [4.69, 9.17) is 16.7 Å². The van der Waals surface area contributed by atoms with Crippen molar-refractivity contribution in [2.24, 2.45) is 11.5 Å². The summed E-state index contributed by atoms with van der Waals surface area (Å²) in [5.41, 5.74) is 10.4. The molecule has 1 unspecified atom stereocenters. The fourth-order valence-corrected chi connectivity index (χ4v) is 0.610. The minimum atomic E-state index is -0.947. The highest BCUT2D eigenvalue weighted by atomic mass is 16.5. The average Bonchev–Trinajstić information content (AvgIpc) is 1.82. The molecule has 0 fully saturated rings. The molecule has 1 heterocycles. The van der Waals surface area contributed by atoms with Crippen LogP contribution < -0.4 is 16.8 Å². The van der Waals surface area contributed by atoms with Gasteiger partial charge in [0, 0.05) is 6.08 Å². The fraction of sp³-hybridized carbons (Fsp3) is 0.250. The molecule has 1 rings (SSSR count). The van der Waals surface area contributed by atoms with Gasteiger partial charge >= 0.3 is 0 Å². The van der Waals surface area contributed by atoms with Crippen LogP contribution in [0.15, 0.2) is 11.9 Å². The van der Waals surface area contributed by atoms with E-state index in [0.717, 1.165) is 6.08 Å². The summed E-state index contributed by atoms with van der Waals surface area (Å²) in [4.78, 5) is 10.6. The zero-order valence-corrected chi connectivity index (χ0v) is 5.11. The second-order valence-electron chi connectivity index (χ2n) is 1.87. The number of hydrogen-bond acceptors (Lipinski definition) is 5. The predicted octanol–water partition coefficient (Wildman–Crippen LogP) is -2.15. The first-order valence-corrected chi connectivity index (χ1v) is 2.62. The first-order valence-electron chi connectivity index (χ1n) is 2.62. The molecule has 0 saturated carbocycles. The fourth-order valence-electron chi connectivity index (χ4n) is 0.610. The minimum Gasteiger partial charge on any atom is -0.385 e.